The molecule has 3 atom stereocenters. The first-order chi connectivity index (χ1) is 8.72. The molecule has 104 valence electrons. The van der Waals surface area contributed by atoms with Crippen molar-refractivity contribution >= 4 is 5.97 Å². The molecule has 0 N–H and O–H groups in total. The summed E-state index contributed by atoms with van der Waals surface area (Å²) in [6.45, 7) is 6.21. The first kappa shape index (κ1) is 13.8. The number of hydrogen-bond donors (Lipinski definition) is 0. The van der Waals surface area contributed by atoms with Crippen molar-refractivity contribution in [1.82, 2.24) is 4.90 Å². The van der Waals surface area contributed by atoms with Crippen molar-refractivity contribution in [3.63, 3.8) is 0 Å². The van der Waals surface area contributed by atoms with Gasteiger partial charge in [-0.3, -0.25) is 9.69 Å². The van der Waals surface area contributed by atoms with Crippen LogP contribution >= 0.6 is 0 Å². The van der Waals surface area contributed by atoms with Crippen molar-refractivity contribution < 1.29 is 14.3 Å². The molecule has 4 nitrogen and oxygen atoms in total. The quantitative estimate of drug-likeness (QED) is 0.720. The molecule has 1 saturated heterocycles. The van der Waals surface area contributed by atoms with Gasteiger partial charge < -0.3 is 9.47 Å². The van der Waals surface area contributed by atoms with E-state index in [4.69, 9.17) is 9.47 Å². The summed E-state index contributed by atoms with van der Waals surface area (Å²) in [5.41, 5.74) is 0. The zero-order chi connectivity index (χ0) is 13.0. The Bertz CT molecular complexity index is 280. The van der Waals surface area contributed by atoms with E-state index >= 15 is 0 Å². The van der Waals surface area contributed by atoms with Gasteiger partial charge in [0.2, 0.25) is 0 Å². The molecule has 18 heavy (non-hydrogen) atoms. The zero-order valence-electron chi connectivity index (χ0n) is 11.6. The van der Waals surface area contributed by atoms with Crippen LogP contribution in [0, 0.1) is 0 Å². The average molecular weight is 255 g/mol. The van der Waals surface area contributed by atoms with Gasteiger partial charge in [-0.05, 0) is 26.7 Å². The van der Waals surface area contributed by atoms with E-state index in [0.29, 0.717) is 25.2 Å². The summed E-state index contributed by atoms with van der Waals surface area (Å²) in [6, 6.07) is 0.774. The maximum atomic E-state index is 11.6. The lowest BCUT2D eigenvalue weighted by Crippen LogP contribution is -2.56. The fourth-order valence-electron chi connectivity index (χ4n) is 3.25. The predicted octanol–water partition coefficient (Wildman–Crippen LogP) is 1.97. The fraction of sp³-hybridized carbons (Fsp3) is 0.929. The third-order valence-corrected chi connectivity index (χ3v) is 4.11. The number of carbonyl (C=O) groups is 1. The number of esters is 1. The van der Waals surface area contributed by atoms with E-state index in [0.717, 1.165) is 13.2 Å². The van der Waals surface area contributed by atoms with Crippen molar-refractivity contribution in [2.75, 3.05) is 19.8 Å². The SMILES string of the molecule is CCOC(=O)CC(C)N1CCOC2CCCCC21. The molecule has 2 rings (SSSR count). The highest BCUT2D eigenvalue weighted by Gasteiger charge is 2.36. The number of fused-ring (bicyclic) bond motifs is 1. The summed E-state index contributed by atoms with van der Waals surface area (Å²) in [5.74, 6) is -0.0798. The highest BCUT2D eigenvalue weighted by molar-refractivity contribution is 5.70. The maximum Gasteiger partial charge on any atom is 0.307 e. The lowest BCUT2D eigenvalue weighted by Gasteiger charge is -2.46. The molecule has 1 saturated carbocycles. The topological polar surface area (TPSA) is 38.8 Å². The Morgan fingerprint density at radius 3 is 3.00 bits per heavy atom. The Hall–Kier alpha value is -0.610. The van der Waals surface area contributed by atoms with E-state index in [1.54, 1.807) is 0 Å². The molecular weight excluding hydrogens is 230 g/mol. The average Bonchev–Trinajstić information content (AvgIpc) is 2.38. The zero-order valence-corrected chi connectivity index (χ0v) is 11.6. The molecule has 0 aromatic rings. The number of ether oxygens (including phenoxy) is 2. The van der Waals surface area contributed by atoms with Crippen molar-refractivity contribution in [3.05, 3.63) is 0 Å². The minimum atomic E-state index is -0.0798. The van der Waals surface area contributed by atoms with Crippen LogP contribution in [-0.2, 0) is 14.3 Å². The number of hydrogen-bond acceptors (Lipinski definition) is 4. The van der Waals surface area contributed by atoms with E-state index in [2.05, 4.69) is 11.8 Å². The van der Waals surface area contributed by atoms with Gasteiger partial charge in [0.1, 0.15) is 0 Å². The minimum absolute atomic E-state index is 0.0798. The molecule has 2 fully saturated rings. The lowest BCUT2D eigenvalue weighted by molar-refractivity contribution is -0.147. The van der Waals surface area contributed by atoms with Gasteiger partial charge in [-0.25, -0.2) is 0 Å². The molecule has 3 unspecified atom stereocenters. The molecule has 0 amide bonds. The molecular formula is C14H25NO3. The smallest absolute Gasteiger partial charge is 0.307 e. The highest BCUT2D eigenvalue weighted by atomic mass is 16.5. The molecule has 0 radical (unpaired) electrons. The second-order valence-corrected chi connectivity index (χ2v) is 5.36. The van der Waals surface area contributed by atoms with Crippen LogP contribution in [0.4, 0.5) is 0 Å². The van der Waals surface area contributed by atoms with Crippen molar-refractivity contribution in [1.29, 1.82) is 0 Å². The molecule has 1 aliphatic carbocycles. The van der Waals surface area contributed by atoms with Crippen LogP contribution in [0.25, 0.3) is 0 Å². The lowest BCUT2D eigenvalue weighted by atomic mass is 9.89. The first-order valence-electron chi connectivity index (χ1n) is 7.25. The molecule has 4 heteroatoms. The minimum Gasteiger partial charge on any atom is -0.466 e. The molecule has 0 spiro atoms. The van der Waals surface area contributed by atoms with Crippen LogP contribution < -0.4 is 0 Å². The van der Waals surface area contributed by atoms with Crippen molar-refractivity contribution in [2.45, 2.75) is 64.1 Å². The Labute approximate surface area is 110 Å². The number of rotatable bonds is 4. The van der Waals surface area contributed by atoms with Crippen LogP contribution in [0.5, 0.6) is 0 Å². The van der Waals surface area contributed by atoms with Crippen molar-refractivity contribution in [3.8, 4) is 0 Å². The van der Waals surface area contributed by atoms with E-state index in [-0.39, 0.29) is 12.0 Å². The summed E-state index contributed by atoms with van der Waals surface area (Å²) >= 11 is 0. The van der Waals surface area contributed by atoms with Gasteiger partial charge >= 0.3 is 5.97 Å². The van der Waals surface area contributed by atoms with E-state index in [1.165, 1.54) is 25.7 Å². The summed E-state index contributed by atoms with van der Waals surface area (Å²) in [5, 5.41) is 0. The summed E-state index contributed by atoms with van der Waals surface area (Å²) in [7, 11) is 0. The van der Waals surface area contributed by atoms with E-state index < -0.39 is 0 Å². The van der Waals surface area contributed by atoms with Crippen LogP contribution in [0.3, 0.4) is 0 Å². The van der Waals surface area contributed by atoms with E-state index in [9.17, 15) is 4.79 Å². The largest absolute Gasteiger partial charge is 0.466 e. The van der Waals surface area contributed by atoms with Gasteiger partial charge in [0, 0.05) is 18.6 Å². The molecule has 2 aliphatic rings. The summed E-state index contributed by atoms with van der Waals surface area (Å²) in [6.07, 6.45) is 5.83. The van der Waals surface area contributed by atoms with Crippen LogP contribution in [0.15, 0.2) is 0 Å². The van der Waals surface area contributed by atoms with E-state index in [1.807, 2.05) is 6.92 Å². The third-order valence-electron chi connectivity index (χ3n) is 4.11. The molecule has 1 aliphatic heterocycles. The Morgan fingerprint density at radius 1 is 1.44 bits per heavy atom. The molecule has 0 aromatic heterocycles. The molecule has 1 heterocycles. The Balaban J connectivity index is 1.91. The summed E-state index contributed by atoms with van der Waals surface area (Å²) in [4.78, 5) is 14.0. The van der Waals surface area contributed by atoms with Gasteiger partial charge in [-0.1, -0.05) is 12.8 Å². The van der Waals surface area contributed by atoms with Gasteiger partial charge in [0.25, 0.3) is 0 Å². The fourth-order valence-corrected chi connectivity index (χ4v) is 3.25. The normalized spacial score (nSPS) is 30.6. The van der Waals surface area contributed by atoms with Crippen LogP contribution in [0.2, 0.25) is 0 Å². The first-order valence-corrected chi connectivity index (χ1v) is 7.25. The second kappa shape index (κ2) is 6.53. The third kappa shape index (κ3) is 3.23. The van der Waals surface area contributed by atoms with Crippen molar-refractivity contribution in [2.24, 2.45) is 0 Å². The van der Waals surface area contributed by atoms with Crippen LogP contribution in [0.1, 0.15) is 46.0 Å². The number of carbonyl (C=O) groups excluding carboxylic acids is 1. The van der Waals surface area contributed by atoms with Gasteiger partial charge in [0.15, 0.2) is 0 Å². The highest BCUT2D eigenvalue weighted by Crippen LogP contribution is 2.30. The monoisotopic (exact) mass is 255 g/mol. The van der Waals surface area contributed by atoms with Gasteiger partial charge in [-0.2, -0.15) is 0 Å². The Kier molecular flexibility index (Phi) is 5.01. The maximum absolute atomic E-state index is 11.6. The van der Waals surface area contributed by atoms with Gasteiger partial charge in [0.05, 0.1) is 25.7 Å². The van der Waals surface area contributed by atoms with Gasteiger partial charge in [-0.15, -0.1) is 0 Å². The summed E-state index contributed by atoms with van der Waals surface area (Å²) < 4.78 is 10.9. The second-order valence-electron chi connectivity index (χ2n) is 5.36. The number of nitrogens with zero attached hydrogens (tertiary/aromatic N) is 1. The molecule has 0 aromatic carbocycles. The van der Waals surface area contributed by atoms with Crippen LogP contribution in [-0.4, -0.2) is 48.8 Å². The standard InChI is InChI=1S/C14H25NO3/c1-3-17-14(16)10-11(2)15-8-9-18-13-7-5-4-6-12(13)15/h11-13H,3-10H2,1-2H3. The number of morpholine rings is 1. The predicted molar refractivity (Wildman–Crippen MR) is 69.4 cm³/mol. The Morgan fingerprint density at radius 2 is 2.22 bits per heavy atom. The molecule has 0 bridgehead atoms.